The van der Waals surface area contributed by atoms with E-state index in [4.69, 9.17) is 10.8 Å². The van der Waals surface area contributed by atoms with Gasteiger partial charge in [0.05, 0.1) is 12.0 Å². The molecule has 3 nitrogen and oxygen atoms in total. The van der Waals surface area contributed by atoms with Crippen LogP contribution in [0.25, 0.3) is 0 Å². The number of carboxylic acid groups (broad SMARTS) is 1. The molecule has 6 heteroatoms. The van der Waals surface area contributed by atoms with Crippen LogP contribution in [0.15, 0.2) is 18.2 Å². The second-order valence-electron chi connectivity index (χ2n) is 5.11. The van der Waals surface area contributed by atoms with Crippen molar-refractivity contribution >= 4 is 5.97 Å². The van der Waals surface area contributed by atoms with Crippen LogP contribution in [0.5, 0.6) is 0 Å². The summed E-state index contributed by atoms with van der Waals surface area (Å²) in [6.45, 7) is 0.148. The van der Waals surface area contributed by atoms with Crippen LogP contribution in [-0.2, 0) is 23.8 Å². The van der Waals surface area contributed by atoms with E-state index in [2.05, 4.69) is 0 Å². The van der Waals surface area contributed by atoms with E-state index in [1.54, 1.807) is 0 Å². The quantitative estimate of drug-likeness (QED) is 0.887. The Morgan fingerprint density at radius 3 is 2.47 bits per heavy atom. The molecule has 0 saturated carbocycles. The molecule has 1 unspecified atom stereocenters. The number of hydrogen-bond donors (Lipinski definition) is 2. The van der Waals surface area contributed by atoms with Gasteiger partial charge in [-0.15, -0.1) is 0 Å². The summed E-state index contributed by atoms with van der Waals surface area (Å²) in [6.07, 6.45) is -3.80. The maximum absolute atomic E-state index is 12.6. The Morgan fingerprint density at radius 1 is 1.32 bits per heavy atom. The lowest BCUT2D eigenvalue weighted by Gasteiger charge is -2.24. The maximum Gasteiger partial charge on any atom is 0.416 e. The highest BCUT2D eigenvalue weighted by atomic mass is 19.4. The third-order valence-corrected chi connectivity index (χ3v) is 3.62. The van der Waals surface area contributed by atoms with E-state index in [-0.39, 0.29) is 19.4 Å². The zero-order valence-electron chi connectivity index (χ0n) is 10.1. The highest BCUT2D eigenvalue weighted by Gasteiger charge is 2.39. The molecule has 0 amide bonds. The van der Waals surface area contributed by atoms with Crippen LogP contribution < -0.4 is 5.73 Å². The van der Waals surface area contributed by atoms with Crippen LogP contribution >= 0.6 is 0 Å². The largest absolute Gasteiger partial charge is 0.481 e. The van der Waals surface area contributed by atoms with Crippen LogP contribution in [0, 0.1) is 5.41 Å². The van der Waals surface area contributed by atoms with Crippen LogP contribution in [0.2, 0.25) is 0 Å². The molecule has 1 aromatic carbocycles. The van der Waals surface area contributed by atoms with Crippen molar-refractivity contribution in [2.45, 2.75) is 25.4 Å². The minimum absolute atomic E-state index is 0.125. The zero-order valence-corrected chi connectivity index (χ0v) is 10.1. The van der Waals surface area contributed by atoms with E-state index in [1.165, 1.54) is 6.07 Å². The fraction of sp³-hybridized carbons (Fsp3) is 0.462. The lowest BCUT2D eigenvalue weighted by molar-refractivity contribution is -0.140. The predicted octanol–water partition coefficient (Wildman–Crippen LogP) is 2.22. The van der Waals surface area contributed by atoms with E-state index in [1.807, 2.05) is 0 Å². The average molecular weight is 273 g/mol. The number of benzene rings is 1. The summed E-state index contributed by atoms with van der Waals surface area (Å²) in [5, 5.41) is 8.90. The van der Waals surface area contributed by atoms with E-state index in [9.17, 15) is 18.0 Å². The van der Waals surface area contributed by atoms with E-state index < -0.39 is 23.1 Å². The van der Waals surface area contributed by atoms with Crippen LogP contribution in [0.3, 0.4) is 0 Å². The molecule has 104 valence electrons. The third kappa shape index (κ3) is 2.73. The number of nitrogens with two attached hydrogens (primary N) is 1. The normalized spacial score (nSPS) is 22.3. The summed E-state index contributed by atoms with van der Waals surface area (Å²) in [5.41, 5.74) is 5.60. The van der Waals surface area contributed by atoms with E-state index in [0.717, 1.165) is 17.7 Å². The van der Waals surface area contributed by atoms with Gasteiger partial charge in [0, 0.05) is 5.41 Å². The first kappa shape index (κ1) is 13.9. The summed E-state index contributed by atoms with van der Waals surface area (Å²) in [6, 6.07) is 3.57. The Morgan fingerprint density at radius 2 is 1.95 bits per heavy atom. The minimum atomic E-state index is -4.38. The lowest BCUT2D eigenvalue weighted by Crippen LogP contribution is -2.33. The molecule has 0 spiro atoms. The van der Waals surface area contributed by atoms with Gasteiger partial charge in [0.1, 0.15) is 0 Å². The molecular formula is C13H14F3NO2. The monoisotopic (exact) mass is 273 g/mol. The first-order valence-corrected chi connectivity index (χ1v) is 5.87. The minimum Gasteiger partial charge on any atom is -0.481 e. The van der Waals surface area contributed by atoms with Gasteiger partial charge in [-0.25, -0.2) is 0 Å². The van der Waals surface area contributed by atoms with Crippen molar-refractivity contribution < 1.29 is 23.1 Å². The summed E-state index contributed by atoms with van der Waals surface area (Å²) >= 11 is 0. The Hall–Kier alpha value is -1.56. The van der Waals surface area contributed by atoms with Crippen molar-refractivity contribution in [1.29, 1.82) is 0 Å². The highest BCUT2D eigenvalue weighted by Crippen LogP contribution is 2.41. The molecule has 0 bridgehead atoms. The summed E-state index contributed by atoms with van der Waals surface area (Å²) in [5.74, 6) is -0.977. The standard InChI is InChI=1S/C13H14F3NO2/c14-13(15,16)10-2-1-8-4-12(7-17,6-11(18)19)5-9(8)3-10/h1-3H,4-7,17H2,(H,18,19). The lowest BCUT2D eigenvalue weighted by atomic mass is 9.81. The van der Waals surface area contributed by atoms with Crippen molar-refractivity contribution in [3.05, 3.63) is 34.9 Å². The number of alkyl halides is 3. The van der Waals surface area contributed by atoms with Gasteiger partial charge in [-0.2, -0.15) is 13.2 Å². The smallest absolute Gasteiger partial charge is 0.416 e. The third-order valence-electron chi connectivity index (χ3n) is 3.62. The SMILES string of the molecule is NCC1(CC(=O)O)Cc2ccc(C(F)(F)F)cc2C1. The van der Waals surface area contributed by atoms with Gasteiger partial charge >= 0.3 is 12.1 Å². The topological polar surface area (TPSA) is 63.3 Å². The van der Waals surface area contributed by atoms with Crippen LogP contribution in [-0.4, -0.2) is 17.6 Å². The number of carbonyl (C=O) groups is 1. The number of hydrogen-bond acceptors (Lipinski definition) is 2. The molecule has 1 aliphatic carbocycles. The molecule has 0 radical (unpaired) electrons. The zero-order chi connectivity index (χ0) is 14.3. The van der Waals surface area contributed by atoms with Crippen molar-refractivity contribution in [2.24, 2.45) is 11.1 Å². The Balaban J connectivity index is 2.31. The number of aliphatic carboxylic acids is 1. The summed E-state index contributed by atoms with van der Waals surface area (Å²) in [7, 11) is 0. The van der Waals surface area contributed by atoms with Gasteiger partial charge in [-0.1, -0.05) is 6.07 Å². The van der Waals surface area contributed by atoms with Gasteiger partial charge in [0.25, 0.3) is 0 Å². The molecule has 0 saturated heterocycles. The van der Waals surface area contributed by atoms with Crippen molar-refractivity contribution in [1.82, 2.24) is 0 Å². The molecule has 0 fully saturated rings. The molecule has 0 aromatic heterocycles. The van der Waals surface area contributed by atoms with Crippen LogP contribution in [0.1, 0.15) is 23.1 Å². The molecule has 19 heavy (non-hydrogen) atoms. The molecule has 1 atom stereocenters. The average Bonchev–Trinajstić information content (AvgIpc) is 2.64. The molecular weight excluding hydrogens is 259 g/mol. The predicted molar refractivity (Wildman–Crippen MR) is 62.6 cm³/mol. The summed E-state index contributed by atoms with van der Waals surface area (Å²) < 4.78 is 37.9. The first-order valence-electron chi connectivity index (χ1n) is 5.87. The number of rotatable bonds is 3. The van der Waals surface area contributed by atoms with E-state index >= 15 is 0 Å². The van der Waals surface area contributed by atoms with E-state index in [0.29, 0.717) is 12.0 Å². The molecule has 1 aliphatic rings. The second kappa shape index (κ2) is 4.52. The van der Waals surface area contributed by atoms with Gasteiger partial charge in [0.15, 0.2) is 0 Å². The van der Waals surface area contributed by atoms with Gasteiger partial charge in [0.2, 0.25) is 0 Å². The molecule has 2 rings (SSSR count). The second-order valence-corrected chi connectivity index (χ2v) is 5.11. The molecule has 1 aromatic rings. The first-order chi connectivity index (χ1) is 8.76. The van der Waals surface area contributed by atoms with Crippen molar-refractivity contribution in [3.8, 4) is 0 Å². The molecule has 3 N–H and O–H groups in total. The molecule has 0 heterocycles. The number of halogens is 3. The molecule has 0 aliphatic heterocycles. The van der Waals surface area contributed by atoms with Crippen LogP contribution in [0.4, 0.5) is 13.2 Å². The Bertz CT molecular complexity index is 513. The fourth-order valence-corrected chi connectivity index (χ4v) is 2.67. The van der Waals surface area contributed by atoms with Crippen molar-refractivity contribution in [3.63, 3.8) is 0 Å². The van der Waals surface area contributed by atoms with Gasteiger partial charge < -0.3 is 10.8 Å². The van der Waals surface area contributed by atoms with Gasteiger partial charge in [-0.3, -0.25) is 4.79 Å². The Labute approximate surface area is 108 Å². The number of carboxylic acids is 1. The maximum atomic E-state index is 12.6. The van der Waals surface area contributed by atoms with Crippen molar-refractivity contribution in [2.75, 3.05) is 6.54 Å². The number of fused-ring (bicyclic) bond motifs is 1. The fourth-order valence-electron chi connectivity index (χ4n) is 2.67. The Kier molecular flexibility index (Phi) is 3.30. The van der Waals surface area contributed by atoms with Gasteiger partial charge in [-0.05, 0) is 42.6 Å². The summed E-state index contributed by atoms with van der Waals surface area (Å²) in [4.78, 5) is 10.9. The highest BCUT2D eigenvalue weighted by molar-refractivity contribution is 5.68.